The van der Waals surface area contributed by atoms with Crippen LogP contribution < -0.4 is 4.72 Å². The van der Waals surface area contributed by atoms with Crippen LogP contribution in [-0.2, 0) is 24.3 Å². The lowest BCUT2D eigenvalue weighted by molar-refractivity contribution is -0.151. The maximum absolute atomic E-state index is 12.1. The lowest BCUT2D eigenvalue weighted by Crippen LogP contribution is -2.35. The highest BCUT2D eigenvalue weighted by molar-refractivity contribution is 7.89. The van der Waals surface area contributed by atoms with Crippen molar-refractivity contribution in [2.75, 3.05) is 26.2 Å². The Bertz CT molecular complexity index is 730. The molecule has 1 fully saturated rings. The first-order chi connectivity index (χ1) is 12.4. The van der Waals surface area contributed by atoms with Crippen molar-refractivity contribution in [2.24, 2.45) is 0 Å². The van der Waals surface area contributed by atoms with Gasteiger partial charge in [-0.3, -0.25) is 9.59 Å². The highest BCUT2D eigenvalue weighted by atomic mass is 35.5. The minimum Gasteiger partial charge on any atom is -0.456 e. The van der Waals surface area contributed by atoms with Gasteiger partial charge in [0.15, 0.2) is 6.61 Å². The molecular weight excluding hydrogens is 380 g/mol. The van der Waals surface area contributed by atoms with Crippen LogP contribution in [-0.4, -0.2) is 51.4 Å². The van der Waals surface area contributed by atoms with Crippen LogP contribution in [0.3, 0.4) is 0 Å². The molecular formula is C17H23ClN2O5S. The first kappa shape index (κ1) is 20.7. The summed E-state index contributed by atoms with van der Waals surface area (Å²) >= 11 is 5.78. The molecule has 1 aromatic rings. The molecule has 0 atom stereocenters. The molecule has 1 amide bonds. The van der Waals surface area contributed by atoms with Crippen molar-refractivity contribution >= 4 is 33.5 Å². The maximum atomic E-state index is 12.1. The van der Waals surface area contributed by atoms with Crippen molar-refractivity contribution in [2.45, 2.75) is 37.0 Å². The van der Waals surface area contributed by atoms with E-state index in [0.717, 1.165) is 25.7 Å². The Morgan fingerprint density at radius 2 is 1.85 bits per heavy atom. The van der Waals surface area contributed by atoms with E-state index in [0.29, 0.717) is 18.1 Å². The number of halogens is 1. The fourth-order valence-corrected chi connectivity index (χ4v) is 3.96. The number of sulfonamides is 1. The predicted octanol–water partition coefficient (Wildman–Crippen LogP) is 1.95. The summed E-state index contributed by atoms with van der Waals surface area (Å²) in [5, 5.41) is 0.305. The van der Waals surface area contributed by atoms with Gasteiger partial charge in [0.1, 0.15) is 0 Å². The molecule has 0 radical (unpaired) electrons. The molecule has 1 N–H and O–H groups in total. The third-order valence-corrected chi connectivity index (χ3v) is 5.74. The van der Waals surface area contributed by atoms with E-state index in [1.54, 1.807) is 11.0 Å². The Balaban J connectivity index is 1.72. The molecule has 0 aliphatic carbocycles. The number of hydrogen-bond donors (Lipinski definition) is 1. The van der Waals surface area contributed by atoms with Gasteiger partial charge in [0.25, 0.3) is 5.91 Å². The van der Waals surface area contributed by atoms with Crippen molar-refractivity contribution in [3.8, 4) is 0 Å². The second-order valence-corrected chi connectivity index (χ2v) is 8.26. The molecule has 9 heteroatoms. The van der Waals surface area contributed by atoms with Crippen LogP contribution in [0.5, 0.6) is 0 Å². The third-order valence-electron chi connectivity index (χ3n) is 4.04. The van der Waals surface area contributed by atoms with Crippen LogP contribution in [0.1, 0.15) is 32.1 Å². The van der Waals surface area contributed by atoms with Gasteiger partial charge >= 0.3 is 5.97 Å². The summed E-state index contributed by atoms with van der Waals surface area (Å²) in [7, 11) is -3.75. The molecule has 7 nitrogen and oxygen atoms in total. The van der Waals surface area contributed by atoms with Crippen molar-refractivity contribution in [1.29, 1.82) is 0 Å². The van der Waals surface area contributed by atoms with Gasteiger partial charge in [-0.25, -0.2) is 13.1 Å². The zero-order valence-corrected chi connectivity index (χ0v) is 16.0. The van der Waals surface area contributed by atoms with E-state index in [2.05, 4.69) is 4.72 Å². The van der Waals surface area contributed by atoms with Gasteiger partial charge in [0, 0.05) is 24.7 Å². The van der Waals surface area contributed by atoms with Crippen molar-refractivity contribution in [3.05, 3.63) is 29.3 Å². The Kier molecular flexibility index (Phi) is 7.86. The lowest BCUT2D eigenvalue weighted by atomic mass is 10.2. The smallest absolute Gasteiger partial charge is 0.307 e. The molecule has 0 aromatic heterocycles. The van der Waals surface area contributed by atoms with E-state index in [9.17, 15) is 18.0 Å². The molecule has 0 spiro atoms. The number of ether oxygens (including phenoxy) is 1. The second kappa shape index (κ2) is 9.89. The fourth-order valence-electron chi connectivity index (χ4n) is 2.63. The summed E-state index contributed by atoms with van der Waals surface area (Å²) in [4.78, 5) is 25.5. The fraction of sp³-hybridized carbons (Fsp3) is 0.529. The Hall–Kier alpha value is -1.64. The monoisotopic (exact) mass is 402 g/mol. The van der Waals surface area contributed by atoms with Gasteiger partial charge in [-0.2, -0.15) is 0 Å². The molecule has 0 bridgehead atoms. The first-order valence-corrected chi connectivity index (χ1v) is 10.4. The standard InChI is InChI=1S/C17H23ClN2O5S/c18-14-6-5-7-15(12-14)26(23,24)19-9-8-17(22)25-13-16(21)20-10-3-1-2-4-11-20/h5-7,12,19H,1-4,8-11,13H2. The highest BCUT2D eigenvalue weighted by Crippen LogP contribution is 2.15. The minimum atomic E-state index is -3.75. The topological polar surface area (TPSA) is 92.8 Å². The Morgan fingerprint density at radius 1 is 1.15 bits per heavy atom. The summed E-state index contributed by atoms with van der Waals surface area (Å²) in [5.74, 6) is -0.832. The molecule has 0 unspecified atom stereocenters. The number of nitrogens with zero attached hydrogens (tertiary/aromatic N) is 1. The maximum Gasteiger partial charge on any atom is 0.307 e. The normalized spacial score (nSPS) is 15.3. The molecule has 1 aliphatic rings. The van der Waals surface area contributed by atoms with Crippen molar-refractivity contribution in [1.82, 2.24) is 9.62 Å². The third kappa shape index (κ3) is 6.59. The average molecular weight is 403 g/mol. The zero-order chi connectivity index (χ0) is 19.0. The second-order valence-electron chi connectivity index (χ2n) is 6.06. The number of rotatable bonds is 7. The first-order valence-electron chi connectivity index (χ1n) is 8.57. The van der Waals surface area contributed by atoms with E-state index in [4.69, 9.17) is 16.3 Å². The quantitative estimate of drug-likeness (QED) is 0.703. The number of amides is 1. The number of hydrogen-bond acceptors (Lipinski definition) is 5. The largest absolute Gasteiger partial charge is 0.456 e. The van der Waals surface area contributed by atoms with Crippen LogP contribution in [0.2, 0.25) is 5.02 Å². The lowest BCUT2D eigenvalue weighted by Gasteiger charge is -2.19. The molecule has 1 saturated heterocycles. The molecule has 1 heterocycles. The summed E-state index contributed by atoms with van der Waals surface area (Å²) < 4.78 is 31.4. The number of benzene rings is 1. The van der Waals surface area contributed by atoms with Gasteiger partial charge in [0.05, 0.1) is 11.3 Å². The average Bonchev–Trinajstić information content (AvgIpc) is 2.89. The van der Waals surface area contributed by atoms with Gasteiger partial charge in [-0.15, -0.1) is 0 Å². The number of likely N-dealkylation sites (tertiary alicyclic amines) is 1. The zero-order valence-electron chi connectivity index (χ0n) is 14.4. The number of esters is 1. The van der Waals surface area contributed by atoms with Crippen molar-refractivity contribution in [3.63, 3.8) is 0 Å². The van der Waals surface area contributed by atoms with Crippen LogP contribution >= 0.6 is 11.6 Å². The number of carbonyl (C=O) groups excluding carboxylic acids is 2. The Morgan fingerprint density at radius 3 is 2.50 bits per heavy atom. The van der Waals surface area contributed by atoms with Crippen LogP contribution in [0.4, 0.5) is 0 Å². The van der Waals surface area contributed by atoms with Gasteiger partial charge in [-0.05, 0) is 31.0 Å². The predicted molar refractivity (Wildman–Crippen MR) is 97.3 cm³/mol. The van der Waals surface area contributed by atoms with E-state index >= 15 is 0 Å². The minimum absolute atomic E-state index is 0.0229. The number of nitrogens with one attached hydrogen (secondary N) is 1. The number of carbonyl (C=O) groups is 2. The summed E-state index contributed by atoms with van der Waals surface area (Å²) in [5.41, 5.74) is 0. The van der Waals surface area contributed by atoms with E-state index in [1.807, 2.05) is 0 Å². The van der Waals surface area contributed by atoms with E-state index in [1.165, 1.54) is 18.2 Å². The summed E-state index contributed by atoms with van der Waals surface area (Å²) in [6, 6.07) is 5.83. The van der Waals surface area contributed by atoms with Crippen molar-refractivity contribution < 1.29 is 22.7 Å². The molecule has 26 heavy (non-hydrogen) atoms. The Labute approximate surface area is 158 Å². The van der Waals surface area contributed by atoms with Gasteiger partial charge in [0.2, 0.25) is 10.0 Å². The van der Waals surface area contributed by atoms with E-state index < -0.39 is 16.0 Å². The SMILES string of the molecule is O=C(CCNS(=O)(=O)c1cccc(Cl)c1)OCC(=O)N1CCCCCC1. The summed E-state index contributed by atoms with van der Waals surface area (Å²) in [6.07, 6.45) is 3.98. The highest BCUT2D eigenvalue weighted by Gasteiger charge is 2.18. The van der Waals surface area contributed by atoms with Crippen LogP contribution in [0.15, 0.2) is 29.2 Å². The van der Waals surface area contributed by atoms with Gasteiger partial charge < -0.3 is 9.64 Å². The molecule has 1 aliphatic heterocycles. The molecule has 1 aromatic carbocycles. The molecule has 2 rings (SSSR count). The van der Waals surface area contributed by atoms with Crippen LogP contribution in [0.25, 0.3) is 0 Å². The molecule has 144 valence electrons. The van der Waals surface area contributed by atoms with Gasteiger partial charge in [-0.1, -0.05) is 30.5 Å². The summed E-state index contributed by atoms with van der Waals surface area (Å²) in [6.45, 7) is 0.955. The molecule has 0 saturated carbocycles. The van der Waals surface area contributed by atoms with E-state index in [-0.39, 0.29) is 30.4 Å². The van der Waals surface area contributed by atoms with Crippen LogP contribution in [0, 0.1) is 0 Å².